The third kappa shape index (κ3) is 3.74. The Kier molecular flexibility index (Phi) is 5.06. The van der Waals surface area contributed by atoms with E-state index in [-0.39, 0.29) is 10.8 Å². The Bertz CT molecular complexity index is 1130. The van der Waals surface area contributed by atoms with Gasteiger partial charge in [0.1, 0.15) is 0 Å². The van der Waals surface area contributed by atoms with Crippen molar-refractivity contribution in [2.45, 2.75) is 24.2 Å². The zero-order chi connectivity index (χ0) is 19.6. The highest BCUT2D eigenvalue weighted by Crippen LogP contribution is 2.23. The minimum absolute atomic E-state index is 0.191. The maximum atomic E-state index is 12.8. The van der Waals surface area contributed by atoms with E-state index in [4.69, 9.17) is 0 Å². The lowest BCUT2D eigenvalue weighted by Crippen LogP contribution is -2.35. The first kappa shape index (κ1) is 18.5. The summed E-state index contributed by atoms with van der Waals surface area (Å²) in [6.45, 7) is 1.08. The molecule has 2 aromatic carbocycles. The van der Waals surface area contributed by atoms with Crippen LogP contribution in [0.2, 0.25) is 0 Å². The molecule has 0 radical (unpaired) electrons. The van der Waals surface area contributed by atoms with Crippen LogP contribution in [0.5, 0.6) is 0 Å². The van der Waals surface area contributed by atoms with Gasteiger partial charge in [0.25, 0.3) is 5.91 Å². The number of anilines is 1. The summed E-state index contributed by atoms with van der Waals surface area (Å²) in [5, 5.41) is 2.77. The van der Waals surface area contributed by atoms with Crippen molar-refractivity contribution >= 4 is 32.7 Å². The normalized spacial score (nSPS) is 15.4. The van der Waals surface area contributed by atoms with Crippen molar-refractivity contribution in [3.63, 3.8) is 0 Å². The van der Waals surface area contributed by atoms with E-state index in [1.165, 1.54) is 10.4 Å². The standard InChI is InChI=1S/C20H20N4O3S/c25-20(15-7-8-18-19(13-15)22-10-9-21-18)23-16-5-4-6-17(14-16)28(26,27)24-11-2-1-3-12-24/h4-10,13-14H,1-3,11-12H2,(H,23,25). The van der Waals surface area contributed by atoms with Gasteiger partial charge in [-0.25, -0.2) is 8.42 Å². The van der Waals surface area contributed by atoms with E-state index in [1.54, 1.807) is 48.8 Å². The lowest BCUT2D eigenvalue weighted by molar-refractivity contribution is 0.102. The van der Waals surface area contributed by atoms with Crippen LogP contribution in [0, 0.1) is 0 Å². The van der Waals surface area contributed by atoms with Crippen molar-refractivity contribution in [1.82, 2.24) is 14.3 Å². The van der Waals surface area contributed by atoms with Crippen molar-refractivity contribution in [3.05, 3.63) is 60.4 Å². The zero-order valence-electron chi connectivity index (χ0n) is 15.2. The molecule has 7 nitrogen and oxygen atoms in total. The van der Waals surface area contributed by atoms with E-state index in [0.29, 0.717) is 35.4 Å². The predicted molar refractivity (Wildman–Crippen MR) is 107 cm³/mol. The summed E-state index contributed by atoms with van der Waals surface area (Å²) < 4.78 is 27.2. The van der Waals surface area contributed by atoms with Crippen LogP contribution in [0.25, 0.3) is 11.0 Å². The molecule has 0 atom stereocenters. The molecule has 0 saturated carbocycles. The number of fused-ring (bicyclic) bond motifs is 1. The minimum atomic E-state index is -3.55. The zero-order valence-corrected chi connectivity index (χ0v) is 16.0. The monoisotopic (exact) mass is 396 g/mol. The number of hydrogen-bond donors (Lipinski definition) is 1. The van der Waals surface area contributed by atoms with E-state index in [0.717, 1.165) is 19.3 Å². The summed E-state index contributed by atoms with van der Waals surface area (Å²) >= 11 is 0. The molecule has 8 heteroatoms. The molecule has 3 aromatic rings. The fourth-order valence-electron chi connectivity index (χ4n) is 3.30. The SMILES string of the molecule is O=C(Nc1cccc(S(=O)(=O)N2CCCCC2)c1)c1ccc2nccnc2c1. The summed E-state index contributed by atoms with van der Waals surface area (Å²) in [6.07, 6.45) is 5.97. The second-order valence-corrected chi connectivity index (χ2v) is 8.64. The molecule has 28 heavy (non-hydrogen) atoms. The van der Waals surface area contributed by atoms with Crippen LogP contribution in [0.15, 0.2) is 59.8 Å². The number of carbonyl (C=O) groups is 1. The number of rotatable bonds is 4. The minimum Gasteiger partial charge on any atom is -0.322 e. The number of amides is 1. The van der Waals surface area contributed by atoms with Crippen molar-refractivity contribution in [2.75, 3.05) is 18.4 Å². The summed E-state index contributed by atoms with van der Waals surface area (Å²) in [7, 11) is -3.55. The molecule has 1 saturated heterocycles. The van der Waals surface area contributed by atoms with Crippen LogP contribution in [0.3, 0.4) is 0 Å². The number of nitrogens with zero attached hydrogens (tertiary/aromatic N) is 3. The number of hydrogen-bond acceptors (Lipinski definition) is 5. The van der Waals surface area contributed by atoms with Gasteiger partial charge in [-0.2, -0.15) is 4.31 Å². The Morgan fingerprint density at radius 2 is 1.68 bits per heavy atom. The molecule has 1 fully saturated rings. The molecule has 1 N–H and O–H groups in total. The van der Waals surface area contributed by atoms with E-state index in [9.17, 15) is 13.2 Å². The molecule has 4 rings (SSSR count). The topological polar surface area (TPSA) is 92.3 Å². The fraction of sp³-hybridized carbons (Fsp3) is 0.250. The Labute approximate surface area is 163 Å². The van der Waals surface area contributed by atoms with Gasteiger partial charge < -0.3 is 5.32 Å². The Morgan fingerprint density at radius 1 is 0.929 bits per heavy atom. The van der Waals surface area contributed by atoms with Crippen LogP contribution in [-0.4, -0.2) is 41.7 Å². The lowest BCUT2D eigenvalue weighted by atomic mass is 10.1. The number of sulfonamides is 1. The number of piperidine rings is 1. The van der Waals surface area contributed by atoms with Gasteiger partial charge in [-0.3, -0.25) is 14.8 Å². The maximum Gasteiger partial charge on any atom is 0.255 e. The van der Waals surface area contributed by atoms with Crippen LogP contribution in [-0.2, 0) is 10.0 Å². The quantitative estimate of drug-likeness (QED) is 0.732. The third-order valence-electron chi connectivity index (χ3n) is 4.78. The van der Waals surface area contributed by atoms with Crippen LogP contribution >= 0.6 is 0 Å². The smallest absolute Gasteiger partial charge is 0.255 e. The molecule has 2 heterocycles. The predicted octanol–water partition coefficient (Wildman–Crippen LogP) is 3.06. The maximum absolute atomic E-state index is 12.8. The molecule has 1 aliphatic heterocycles. The van der Waals surface area contributed by atoms with E-state index in [2.05, 4.69) is 15.3 Å². The molecular formula is C20H20N4O3S. The van der Waals surface area contributed by atoms with Gasteiger partial charge in [-0.05, 0) is 49.2 Å². The second kappa shape index (κ2) is 7.65. The first-order chi connectivity index (χ1) is 13.5. The molecule has 0 unspecified atom stereocenters. The van der Waals surface area contributed by atoms with Gasteiger partial charge in [0.2, 0.25) is 10.0 Å². The number of nitrogens with one attached hydrogen (secondary N) is 1. The molecule has 144 valence electrons. The number of carbonyl (C=O) groups excluding carboxylic acids is 1. The number of benzene rings is 2. The fourth-order valence-corrected chi connectivity index (χ4v) is 4.86. The van der Waals surface area contributed by atoms with Gasteiger partial charge in [0, 0.05) is 36.7 Å². The Hall–Kier alpha value is -2.84. The molecule has 1 amide bonds. The molecule has 0 bridgehead atoms. The first-order valence-corrected chi connectivity index (χ1v) is 10.6. The molecular weight excluding hydrogens is 376 g/mol. The van der Waals surface area contributed by atoms with Crippen molar-refractivity contribution < 1.29 is 13.2 Å². The highest BCUT2D eigenvalue weighted by Gasteiger charge is 2.26. The molecule has 0 spiro atoms. The number of aromatic nitrogens is 2. The molecule has 1 aliphatic rings. The average Bonchev–Trinajstić information content (AvgIpc) is 2.74. The van der Waals surface area contributed by atoms with Gasteiger partial charge in [-0.15, -0.1) is 0 Å². The highest BCUT2D eigenvalue weighted by atomic mass is 32.2. The summed E-state index contributed by atoms with van der Waals surface area (Å²) in [4.78, 5) is 21.2. The van der Waals surface area contributed by atoms with Crippen molar-refractivity contribution in [1.29, 1.82) is 0 Å². The average molecular weight is 396 g/mol. The molecule has 0 aliphatic carbocycles. The Balaban J connectivity index is 1.56. The van der Waals surface area contributed by atoms with Crippen molar-refractivity contribution in [2.24, 2.45) is 0 Å². The second-order valence-electron chi connectivity index (χ2n) is 6.71. The third-order valence-corrected chi connectivity index (χ3v) is 6.67. The van der Waals surface area contributed by atoms with Gasteiger partial charge >= 0.3 is 0 Å². The van der Waals surface area contributed by atoms with Crippen molar-refractivity contribution in [3.8, 4) is 0 Å². The lowest BCUT2D eigenvalue weighted by Gasteiger charge is -2.26. The summed E-state index contributed by atoms with van der Waals surface area (Å²) in [6, 6.07) is 11.4. The summed E-state index contributed by atoms with van der Waals surface area (Å²) in [5.74, 6) is -0.333. The van der Waals surface area contributed by atoms with Crippen LogP contribution in [0.4, 0.5) is 5.69 Å². The van der Waals surface area contributed by atoms with Crippen LogP contribution < -0.4 is 5.32 Å². The van der Waals surface area contributed by atoms with Gasteiger partial charge in [-0.1, -0.05) is 12.5 Å². The summed E-state index contributed by atoms with van der Waals surface area (Å²) in [5.41, 5.74) is 2.19. The van der Waals surface area contributed by atoms with Gasteiger partial charge in [0.15, 0.2) is 0 Å². The van der Waals surface area contributed by atoms with Crippen LogP contribution in [0.1, 0.15) is 29.6 Å². The highest BCUT2D eigenvalue weighted by molar-refractivity contribution is 7.89. The van der Waals surface area contributed by atoms with E-state index < -0.39 is 10.0 Å². The molecule has 1 aromatic heterocycles. The Morgan fingerprint density at radius 3 is 2.46 bits per heavy atom. The van der Waals surface area contributed by atoms with E-state index in [1.807, 2.05) is 0 Å². The largest absolute Gasteiger partial charge is 0.322 e. The first-order valence-electron chi connectivity index (χ1n) is 9.16. The van der Waals surface area contributed by atoms with Gasteiger partial charge in [0.05, 0.1) is 15.9 Å². The van der Waals surface area contributed by atoms with E-state index >= 15 is 0 Å².